The maximum absolute atomic E-state index is 12.6. The van der Waals surface area contributed by atoms with Crippen LogP contribution in [0.3, 0.4) is 0 Å². The molecule has 0 unspecified atom stereocenters. The maximum Gasteiger partial charge on any atom is 0.240 e. The third-order valence-electron chi connectivity index (χ3n) is 6.59. The third kappa shape index (κ3) is 2.86. The Morgan fingerprint density at radius 2 is 2.00 bits per heavy atom. The van der Waals surface area contributed by atoms with Gasteiger partial charge in [-0.15, -0.1) is 0 Å². The second-order valence-electron chi connectivity index (χ2n) is 8.08. The molecule has 0 radical (unpaired) electrons. The Bertz CT molecular complexity index is 836. The first-order valence-corrected chi connectivity index (χ1v) is 10.8. The van der Waals surface area contributed by atoms with Crippen LogP contribution in [0, 0.1) is 31.6 Å². The largest absolute Gasteiger partial charge is 0.391 e. The van der Waals surface area contributed by atoms with Gasteiger partial charge in [-0.05, 0) is 67.7 Å². The number of likely N-dealkylation sites (tertiary alicyclic amines) is 1. The second-order valence-corrected chi connectivity index (χ2v) is 9.84. The average molecular weight is 378 g/mol. The van der Waals surface area contributed by atoms with E-state index >= 15 is 0 Å². The number of nitrogens with one attached hydrogen (secondary N) is 1. The summed E-state index contributed by atoms with van der Waals surface area (Å²) in [4.78, 5) is 14.6. The van der Waals surface area contributed by atoms with Crippen molar-refractivity contribution in [3.05, 3.63) is 29.3 Å². The summed E-state index contributed by atoms with van der Waals surface area (Å²) in [6.07, 6.45) is 1.76. The number of sulfonamides is 1. The molecule has 142 valence electrons. The summed E-state index contributed by atoms with van der Waals surface area (Å²) in [5, 5.41) is 10.4. The smallest absolute Gasteiger partial charge is 0.240 e. The number of rotatable bonds is 5. The minimum absolute atomic E-state index is 0.0531. The summed E-state index contributed by atoms with van der Waals surface area (Å²) < 4.78 is 27.4. The lowest BCUT2D eigenvalue weighted by Gasteiger charge is -2.29. The number of aryl methyl sites for hydroxylation is 2. The van der Waals surface area contributed by atoms with Gasteiger partial charge in [0.15, 0.2) is 0 Å². The van der Waals surface area contributed by atoms with Crippen molar-refractivity contribution in [3.8, 4) is 0 Å². The molecule has 2 N–H and O–H groups in total. The van der Waals surface area contributed by atoms with E-state index in [4.69, 9.17) is 0 Å². The van der Waals surface area contributed by atoms with Gasteiger partial charge < -0.3 is 10.0 Å². The summed E-state index contributed by atoms with van der Waals surface area (Å²) in [5.74, 6) is 1.23. The summed E-state index contributed by atoms with van der Waals surface area (Å²) in [5.41, 5.74) is 1.96. The number of aliphatic hydroxyl groups excluding tert-OH is 1. The number of carbonyl (C=O) groups excluding carboxylic acids is 1. The molecule has 7 heteroatoms. The van der Waals surface area contributed by atoms with Crippen molar-refractivity contribution in [2.24, 2.45) is 17.8 Å². The van der Waals surface area contributed by atoms with Crippen LogP contribution in [0.25, 0.3) is 0 Å². The van der Waals surface area contributed by atoms with Crippen molar-refractivity contribution in [2.75, 3.05) is 13.1 Å². The van der Waals surface area contributed by atoms with Crippen LogP contribution in [0.15, 0.2) is 23.1 Å². The van der Waals surface area contributed by atoms with Crippen LogP contribution >= 0.6 is 0 Å². The molecule has 5 atom stereocenters. The fourth-order valence-corrected chi connectivity index (χ4v) is 6.22. The lowest BCUT2D eigenvalue weighted by molar-refractivity contribution is -0.133. The molecule has 2 bridgehead atoms. The van der Waals surface area contributed by atoms with Crippen molar-refractivity contribution in [3.63, 3.8) is 0 Å². The van der Waals surface area contributed by atoms with E-state index in [2.05, 4.69) is 4.72 Å². The fraction of sp³-hybridized carbons (Fsp3) is 0.632. The van der Waals surface area contributed by atoms with Gasteiger partial charge in [-0.2, -0.15) is 0 Å². The molecule has 0 spiro atoms. The zero-order chi connectivity index (χ0) is 18.6. The number of aliphatic hydroxyl groups is 1. The van der Waals surface area contributed by atoms with Crippen LogP contribution in [-0.2, 0) is 14.8 Å². The fourth-order valence-electron chi connectivity index (χ4n) is 5.10. The first-order valence-electron chi connectivity index (χ1n) is 9.32. The van der Waals surface area contributed by atoms with Crippen LogP contribution in [0.4, 0.5) is 0 Å². The molecule has 1 amide bonds. The minimum Gasteiger partial charge on any atom is -0.391 e. The van der Waals surface area contributed by atoms with E-state index in [1.165, 1.54) is 0 Å². The predicted octanol–water partition coefficient (Wildman–Crippen LogP) is 1.20. The van der Waals surface area contributed by atoms with Crippen LogP contribution < -0.4 is 4.72 Å². The monoisotopic (exact) mass is 378 g/mol. The molecule has 1 aromatic carbocycles. The van der Waals surface area contributed by atoms with Crippen LogP contribution in [0.5, 0.6) is 0 Å². The molecule has 1 aliphatic heterocycles. The highest BCUT2D eigenvalue weighted by atomic mass is 32.2. The number of benzene rings is 1. The van der Waals surface area contributed by atoms with Gasteiger partial charge in [0.2, 0.25) is 15.9 Å². The number of amides is 1. The van der Waals surface area contributed by atoms with E-state index < -0.39 is 16.1 Å². The number of hydrogen-bond donors (Lipinski definition) is 2. The Hall–Kier alpha value is -1.44. The van der Waals surface area contributed by atoms with Gasteiger partial charge in [0, 0.05) is 19.5 Å². The number of carbonyl (C=O) groups is 1. The van der Waals surface area contributed by atoms with E-state index in [1.54, 1.807) is 23.1 Å². The molecule has 1 aromatic rings. The van der Waals surface area contributed by atoms with Gasteiger partial charge in [0.25, 0.3) is 0 Å². The van der Waals surface area contributed by atoms with Crippen molar-refractivity contribution in [1.82, 2.24) is 9.62 Å². The Labute approximate surface area is 154 Å². The van der Waals surface area contributed by atoms with Gasteiger partial charge >= 0.3 is 0 Å². The number of hydrogen-bond acceptors (Lipinski definition) is 4. The predicted molar refractivity (Wildman–Crippen MR) is 96.9 cm³/mol. The molecule has 1 saturated heterocycles. The van der Waals surface area contributed by atoms with Crippen molar-refractivity contribution >= 4 is 15.9 Å². The molecule has 2 saturated carbocycles. The zero-order valence-corrected chi connectivity index (χ0v) is 16.0. The van der Waals surface area contributed by atoms with Gasteiger partial charge in [0.1, 0.15) is 0 Å². The third-order valence-corrected chi connectivity index (χ3v) is 8.05. The van der Waals surface area contributed by atoms with E-state index in [9.17, 15) is 18.3 Å². The lowest BCUT2D eigenvalue weighted by atomic mass is 9.88. The number of nitrogens with zero attached hydrogens (tertiary/aromatic N) is 1. The minimum atomic E-state index is -3.62. The van der Waals surface area contributed by atoms with Crippen molar-refractivity contribution in [1.29, 1.82) is 0 Å². The molecular formula is C19H26N2O4S. The SMILES string of the molecule is Cc1ccc(S(=O)(=O)NCCC(=O)N2C[C@@H]3C[C@H]4C[C@H]3[C@H]2[C@H]4O)cc1C. The Balaban J connectivity index is 1.36. The van der Waals surface area contributed by atoms with E-state index in [0.29, 0.717) is 24.3 Å². The first kappa shape index (κ1) is 17.9. The topological polar surface area (TPSA) is 86.7 Å². The summed E-state index contributed by atoms with van der Waals surface area (Å²) >= 11 is 0. The highest BCUT2D eigenvalue weighted by Gasteiger charge is 2.59. The molecule has 26 heavy (non-hydrogen) atoms. The van der Waals surface area contributed by atoms with Crippen LogP contribution in [0.2, 0.25) is 0 Å². The zero-order valence-electron chi connectivity index (χ0n) is 15.2. The average Bonchev–Trinajstić information content (AvgIpc) is 3.19. The molecule has 3 fully saturated rings. The van der Waals surface area contributed by atoms with Gasteiger partial charge in [-0.25, -0.2) is 13.1 Å². The van der Waals surface area contributed by atoms with Gasteiger partial charge in [-0.1, -0.05) is 6.07 Å². The molecule has 6 nitrogen and oxygen atoms in total. The van der Waals surface area contributed by atoms with Gasteiger partial charge in [0.05, 0.1) is 17.0 Å². The molecule has 1 heterocycles. The van der Waals surface area contributed by atoms with E-state index in [1.807, 2.05) is 13.8 Å². The molecule has 4 rings (SSSR count). The Morgan fingerprint density at radius 1 is 1.23 bits per heavy atom. The van der Waals surface area contributed by atoms with E-state index in [0.717, 1.165) is 24.0 Å². The van der Waals surface area contributed by atoms with Crippen molar-refractivity contribution < 1.29 is 18.3 Å². The Morgan fingerprint density at radius 3 is 2.69 bits per heavy atom. The highest BCUT2D eigenvalue weighted by molar-refractivity contribution is 7.89. The standard InChI is InChI=1S/C19H26N2O4S/c1-11-3-4-15(7-12(11)2)26(24,25)20-6-5-17(22)21-10-14-8-13-9-16(14)18(21)19(13)23/h3-4,7,13-14,16,18-20,23H,5-6,8-10H2,1-2H3/t13-,14-,16+,18-,19-/m0/s1. The Kier molecular flexibility index (Phi) is 4.36. The normalized spacial score (nSPS) is 32.4. The molecular weight excluding hydrogens is 352 g/mol. The quantitative estimate of drug-likeness (QED) is 0.806. The first-order chi connectivity index (χ1) is 12.3. The molecule has 3 aliphatic rings. The van der Waals surface area contributed by atoms with Crippen LogP contribution in [0.1, 0.15) is 30.4 Å². The maximum atomic E-state index is 12.6. The second kappa shape index (κ2) is 6.32. The highest BCUT2D eigenvalue weighted by Crippen LogP contribution is 2.54. The molecule has 0 aromatic heterocycles. The van der Waals surface area contributed by atoms with Crippen LogP contribution in [-0.4, -0.2) is 49.6 Å². The summed E-state index contributed by atoms with van der Waals surface area (Å²) in [7, 11) is -3.62. The van der Waals surface area contributed by atoms with Gasteiger partial charge in [-0.3, -0.25) is 4.79 Å². The summed E-state index contributed by atoms with van der Waals surface area (Å²) in [6.45, 7) is 4.60. The van der Waals surface area contributed by atoms with E-state index in [-0.39, 0.29) is 29.8 Å². The lowest BCUT2D eigenvalue weighted by Crippen LogP contribution is -2.44. The molecule has 2 aliphatic carbocycles. The summed E-state index contributed by atoms with van der Waals surface area (Å²) in [6, 6.07) is 4.96. The number of fused-ring (bicyclic) bond motifs is 1. The van der Waals surface area contributed by atoms with Crippen molar-refractivity contribution in [2.45, 2.75) is 50.2 Å².